The van der Waals surface area contributed by atoms with Crippen molar-refractivity contribution in [3.05, 3.63) is 11.1 Å². The van der Waals surface area contributed by atoms with Crippen LogP contribution in [0, 0.1) is 11.8 Å². The Hall–Kier alpha value is -1.27. The Kier molecular flexibility index (Phi) is 4.08. The number of nitrogens with zero attached hydrogens (tertiary/aromatic N) is 2. The number of nitrogens with one attached hydrogen (secondary N) is 1. The first kappa shape index (κ1) is 14.7. The van der Waals surface area contributed by atoms with Crippen LogP contribution in [0.5, 0.6) is 0 Å². The van der Waals surface area contributed by atoms with Crippen LogP contribution in [-0.2, 0) is 9.59 Å². The number of fused-ring (bicyclic) bond motifs is 1. The number of hydrogen-bond acceptors (Lipinski definition) is 5. The maximum Gasteiger partial charge on any atom is 0.239 e. The molecule has 21 heavy (non-hydrogen) atoms. The SMILES string of the molecule is CCCNC(C)c1csc(N2C(=O)C3CCCC3C2=O)n1. The molecule has 0 spiro atoms. The molecule has 2 fully saturated rings. The van der Waals surface area contributed by atoms with E-state index in [-0.39, 0.29) is 29.7 Å². The van der Waals surface area contributed by atoms with Gasteiger partial charge in [0.15, 0.2) is 5.13 Å². The summed E-state index contributed by atoms with van der Waals surface area (Å²) in [5.74, 6) is -0.281. The first-order valence-electron chi connectivity index (χ1n) is 7.70. The summed E-state index contributed by atoms with van der Waals surface area (Å²) in [5.41, 5.74) is 0.904. The smallest absolute Gasteiger partial charge is 0.239 e. The van der Waals surface area contributed by atoms with Gasteiger partial charge >= 0.3 is 0 Å². The molecule has 1 aromatic rings. The van der Waals surface area contributed by atoms with Gasteiger partial charge < -0.3 is 5.32 Å². The second-order valence-electron chi connectivity index (χ2n) is 5.89. The van der Waals surface area contributed by atoms with Gasteiger partial charge in [-0.2, -0.15) is 0 Å². The van der Waals surface area contributed by atoms with Crippen molar-refractivity contribution in [1.29, 1.82) is 0 Å². The molecule has 6 heteroatoms. The Morgan fingerprint density at radius 3 is 2.67 bits per heavy atom. The first-order chi connectivity index (χ1) is 10.1. The minimum atomic E-state index is -0.0968. The van der Waals surface area contributed by atoms with Gasteiger partial charge in [-0.1, -0.05) is 13.3 Å². The molecule has 3 rings (SSSR count). The van der Waals surface area contributed by atoms with Gasteiger partial charge in [0.05, 0.1) is 17.5 Å². The average Bonchev–Trinajstić information content (AvgIpc) is 3.16. The number of rotatable bonds is 5. The van der Waals surface area contributed by atoms with Crippen LogP contribution in [0.15, 0.2) is 5.38 Å². The van der Waals surface area contributed by atoms with E-state index in [1.54, 1.807) is 0 Å². The summed E-state index contributed by atoms with van der Waals surface area (Å²) in [6.07, 6.45) is 3.74. The molecule has 1 aliphatic heterocycles. The van der Waals surface area contributed by atoms with E-state index < -0.39 is 0 Å². The number of hydrogen-bond donors (Lipinski definition) is 1. The summed E-state index contributed by atoms with van der Waals surface area (Å²) in [6.45, 7) is 5.10. The second kappa shape index (κ2) is 5.85. The molecule has 1 saturated carbocycles. The highest BCUT2D eigenvalue weighted by atomic mass is 32.1. The van der Waals surface area contributed by atoms with Crippen LogP contribution < -0.4 is 10.2 Å². The van der Waals surface area contributed by atoms with Gasteiger partial charge in [-0.25, -0.2) is 9.88 Å². The fraction of sp³-hybridized carbons (Fsp3) is 0.667. The largest absolute Gasteiger partial charge is 0.309 e. The maximum absolute atomic E-state index is 12.4. The third-order valence-electron chi connectivity index (χ3n) is 4.44. The van der Waals surface area contributed by atoms with E-state index in [0.717, 1.165) is 37.9 Å². The van der Waals surface area contributed by atoms with Crippen LogP contribution in [0.1, 0.15) is 51.3 Å². The summed E-state index contributed by atoms with van der Waals surface area (Å²) in [7, 11) is 0. The number of anilines is 1. The summed E-state index contributed by atoms with van der Waals surface area (Å²) in [6, 6.07) is 0.141. The highest BCUT2D eigenvalue weighted by molar-refractivity contribution is 7.14. The molecule has 0 bridgehead atoms. The number of carbonyl (C=O) groups is 2. The lowest BCUT2D eigenvalue weighted by Crippen LogP contribution is -2.31. The molecule has 1 N–H and O–H groups in total. The molecule has 1 aliphatic carbocycles. The van der Waals surface area contributed by atoms with Crippen molar-refractivity contribution in [2.45, 2.75) is 45.6 Å². The van der Waals surface area contributed by atoms with Gasteiger partial charge in [0, 0.05) is 11.4 Å². The number of imide groups is 1. The number of carbonyl (C=O) groups excluding carboxylic acids is 2. The van der Waals surface area contributed by atoms with E-state index in [1.807, 2.05) is 5.38 Å². The van der Waals surface area contributed by atoms with Gasteiger partial charge in [-0.15, -0.1) is 11.3 Å². The Labute approximate surface area is 128 Å². The van der Waals surface area contributed by atoms with Crippen molar-refractivity contribution in [3.63, 3.8) is 0 Å². The first-order valence-corrected chi connectivity index (χ1v) is 8.58. The normalized spacial score (nSPS) is 26.5. The average molecular weight is 307 g/mol. The Morgan fingerprint density at radius 1 is 1.38 bits per heavy atom. The Balaban J connectivity index is 1.77. The Bertz CT molecular complexity index is 535. The summed E-state index contributed by atoms with van der Waals surface area (Å²) in [5, 5.41) is 5.85. The van der Waals surface area contributed by atoms with Crippen molar-refractivity contribution < 1.29 is 9.59 Å². The topological polar surface area (TPSA) is 62.3 Å². The zero-order valence-electron chi connectivity index (χ0n) is 12.5. The van der Waals surface area contributed by atoms with Gasteiger partial charge in [-0.05, 0) is 32.7 Å². The van der Waals surface area contributed by atoms with Crippen molar-refractivity contribution in [3.8, 4) is 0 Å². The molecule has 1 saturated heterocycles. The highest BCUT2D eigenvalue weighted by Crippen LogP contribution is 2.42. The molecule has 5 nitrogen and oxygen atoms in total. The van der Waals surface area contributed by atoms with Crippen LogP contribution in [-0.4, -0.2) is 23.3 Å². The molecular weight excluding hydrogens is 286 g/mol. The van der Waals surface area contributed by atoms with Crippen LogP contribution in [0.2, 0.25) is 0 Å². The summed E-state index contributed by atoms with van der Waals surface area (Å²) < 4.78 is 0. The van der Waals surface area contributed by atoms with Crippen LogP contribution >= 0.6 is 11.3 Å². The predicted molar refractivity (Wildman–Crippen MR) is 82.1 cm³/mol. The monoisotopic (exact) mass is 307 g/mol. The molecule has 0 radical (unpaired) electrons. The summed E-state index contributed by atoms with van der Waals surface area (Å²) >= 11 is 1.39. The number of aromatic nitrogens is 1. The third kappa shape index (κ3) is 2.51. The molecule has 2 amide bonds. The van der Waals surface area contributed by atoms with Crippen molar-refractivity contribution in [2.24, 2.45) is 11.8 Å². The Morgan fingerprint density at radius 2 is 2.05 bits per heavy atom. The van der Waals surface area contributed by atoms with E-state index in [2.05, 4.69) is 24.1 Å². The molecular formula is C15H21N3O2S. The standard InChI is InChI=1S/C15H21N3O2S/c1-3-7-16-9(2)12-8-21-15(17-12)18-13(19)10-5-4-6-11(10)14(18)20/h8-11,16H,3-7H2,1-2H3. The van der Waals surface area contributed by atoms with Crippen LogP contribution in [0.4, 0.5) is 5.13 Å². The second-order valence-corrected chi connectivity index (χ2v) is 6.72. The van der Waals surface area contributed by atoms with Gasteiger partial charge in [-0.3, -0.25) is 9.59 Å². The zero-order chi connectivity index (χ0) is 15.0. The van der Waals surface area contributed by atoms with E-state index in [9.17, 15) is 9.59 Å². The lowest BCUT2D eigenvalue weighted by molar-refractivity contribution is -0.122. The fourth-order valence-electron chi connectivity index (χ4n) is 3.22. The predicted octanol–water partition coefficient (Wildman–Crippen LogP) is 2.49. The van der Waals surface area contributed by atoms with Crippen molar-refractivity contribution in [1.82, 2.24) is 10.3 Å². The summed E-state index contributed by atoms with van der Waals surface area (Å²) in [4.78, 5) is 30.7. The minimum absolute atomic E-state index is 0.0439. The van der Waals surface area contributed by atoms with Gasteiger partial charge in [0.25, 0.3) is 0 Å². The van der Waals surface area contributed by atoms with Crippen LogP contribution in [0.3, 0.4) is 0 Å². The maximum atomic E-state index is 12.4. The molecule has 2 aliphatic rings. The molecule has 3 atom stereocenters. The van der Waals surface area contributed by atoms with E-state index in [0.29, 0.717) is 5.13 Å². The van der Waals surface area contributed by atoms with Crippen molar-refractivity contribution in [2.75, 3.05) is 11.4 Å². The molecule has 1 aromatic heterocycles. The molecule has 0 aromatic carbocycles. The number of thiazole rings is 1. The molecule has 114 valence electrons. The quantitative estimate of drug-likeness (QED) is 0.849. The van der Waals surface area contributed by atoms with E-state index in [4.69, 9.17) is 0 Å². The minimum Gasteiger partial charge on any atom is -0.309 e. The van der Waals surface area contributed by atoms with Gasteiger partial charge in [0.1, 0.15) is 0 Å². The van der Waals surface area contributed by atoms with E-state index in [1.165, 1.54) is 16.2 Å². The number of amides is 2. The highest BCUT2D eigenvalue weighted by Gasteiger charge is 2.51. The van der Waals surface area contributed by atoms with Gasteiger partial charge in [0.2, 0.25) is 11.8 Å². The lowest BCUT2D eigenvalue weighted by Gasteiger charge is -2.13. The van der Waals surface area contributed by atoms with Crippen molar-refractivity contribution >= 4 is 28.3 Å². The zero-order valence-corrected chi connectivity index (χ0v) is 13.3. The van der Waals surface area contributed by atoms with E-state index >= 15 is 0 Å². The molecule has 3 unspecified atom stereocenters. The lowest BCUT2D eigenvalue weighted by atomic mass is 10.00. The third-order valence-corrected chi connectivity index (χ3v) is 5.28. The molecule has 2 heterocycles. The van der Waals surface area contributed by atoms with Crippen LogP contribution in [0.25, 0.3) is 0 Å². The fourth-order valence-corrected chi connectivity index (χ4v) is 4.15.